The van der Waals surface area contributed by atoms with Gasteiger partial charge in [-0.15, -0.1) is 0 Å². The molecule has 15 heavy (non-hydrogen) atoms. The zero-order valence-electron chi connectivity index (χ0n) is 8.69. The van der Waals surface area contributed by atoms with E-state index in [4.69, 9.17) is 0 Å². The van der Waals surface area contributed by atoms with Crippen molar-refractivity contribution in [2.24, 2.45) is 0 Å². The van der Waals surface area contributed by atoms with Crippen molar-refractivity contribution in [3.8, 4) is 0 Å². The topological polar surface area (TPSA) is 15.3 Å². The summed E-state index contributed by atoms with van der Waals surface area (Å²) in [7, 11) is 0. The lowest BCUT2D eigenvalue weighted by Gasteiger charge is -2.32. The summed E-state index contributed by atoms with van der Waals surface area (Å²) < 4.78 is 13.8. The summed E-state index contributed by atoms with van der Waals surface area (Å²) in [4.78, 5) is 2.29. The maximum absolute atomic E-state index is 13.3. The lowest BCUT2D eigenvalue weighted by molar-refractivity contribution is 0.620. The van der Waals surface area contributed by atoms with Gasteiger partial charge in [0, 0.05) is 25.7 Å². The summed E-state index contributed by atoms with van der Waals surface area (Å²) in [6.07, 6.45) is 1.11. The van der Waals surface area contributed by atoms with Crippen molar-refractivity contribution in [1.29, 1.82) is 0 Å². The number of fused-ring (bicyclic) bond motifs is 1. The van der Waals surface area contributed by atoms with Crippen LogP contribution in [0.25, 0.3) is 0 Å². The third kappa shape index (κ3) is 2.09. The Bertz CT molecular complexity index is 368. The van der Waals surface area contributed by atoms with Crippen LogP contribution in [0.15, 0.2) is 16.6 Å². The molecule has 82 valence electrons. The maximum Gasteiger partial charge on any atom is 0.139 e. The first-order chi connectivity index (χ1) is 7.22. The summed E-state index contributed by atoms with van der Waals surface area (Å²) in [5.74, 6) is -0.209. The van der Waals surface area contributed by atoms with Gasteiger partial charge in [-0.3, -0.25) is 0 Å². The van der Waals surface area contributed by atoms with Crippen LogP contribution in [0.2, 0.25) is 0 Å². The van der Waals surface area contributed by atoms with Gasteiger partial charge in [0.15, 0.2) is 0 Å². The Hall–Kier alpha value is -0.770. The Morgan fingerprint density at radius 3 is 3.07 bits per heavy atom. The number of nitrogens with zero attached hydrogens (tertiary/aromatic N) is 1. The van der Waals surface area contributed by atoms with Crippen LogP contribution in [-0.4, -0.2) is 19.6 Å². The molecule has 0 saturated heterocycles. The van der Waals surface area contributed by atoms with E-state index in [1.807, 2.05) is 6.07 Å². The van der Waals surface area contributed by atoms with Gasteiger partial charge < -0.3 is 10.2 Å². The average molecular weight is 273 g/mol. The second-order valence-corrected chi connectivity index (χ2v) is 4.55. The van der Waals surface area contributed by atoms with Crippen LogP contribution in [0, 0.1) is 5.82 Å². The molecule has 0 saturated carbocycles. The van der Waals surface area contributed by atoms with Crippen molar-refractivity contribution in [2.45, 2.75) is 13.3 Å². The first-order valence-corrected chi connectivity index (χ1v) is 5.99. The number of anilines is 2. The second-order valence-electron chi connectivity index (χ2n) is 3.70. The van der Waals surface area contributed by atoms with Gasteiger partial charge in [-0.25, -0.2) is 4.39 Å². The molecule has 1 aromatic rings. The molecule has 1 aliphatic heterocycles. The summed E-state index contributed by atoms with van der Waals surface area (Å²) in [5, 5.41) is 3.22. The average Bonchev–Trinajstić information content (AvgIpc) is 2.21. The van der Waals surface area contributed by atoms with Crippen molar-refractivity contribution in [2.75, 3.05) is 29.9 Å². The van der Waals surface area contributed by atoms with Crippen molar-refractivity contribution in [3.63, 3.8) is 0 Å². The first-order valence-electron chi connectivity index (χ1n) is 5.20. The fourth-order valence-electron chi connectivity index (χ4n) is 1.89. The van der Waals surface area contributed by atoms with E-state index in [-0.39, 0.29) is 5.82 Å². The van der Waals surface area contributed by atoms with Crippen molar-refractivity contribution in [1.82, 2.24) is 0 Å². The molecule has 1 N–H and O–H groups in total. The largest absolute Gasteiger partial charge is 0.382 e. The highest BCUT2D eigenvalue weighted by atomic mass is 79.9. The van der Waals surface area contributed by atoms with Crippen LogP contribution in [0.4, 0.5) is 15.8 Å². The van der Waals surface area contributed by atoms with Gasteiger partial charge in [-0.1, -0.05) is 6.92 Å². The monoisotopic (exact) mass is 272 g/mol. The van der Waals surface area contributed by atoms with Gasteiger partial charge in [0.25, 0.3) is 0 Å². The Morgan fingerprint density at radius 2 is 2.33 bits per heavy atom. The van der Waals surface area contributed by atoms with E-state index in [1.54, 1.807) is 6.07 Å². The minimum Gasteiger partial charge on any atom is -0.382 e. The smallest absolute Gasteiger partial charge is 0.139 e. The van der Waals surface area contributed by atoms with E-state index in [0.717, 1.165) is 37.4 Å². The van der Waals surface area contributed by atoms with Crippen molar-refractivity contribution in [3.05, 3.63) is 22.4 Å². The molecule has 0 radical (unpaired) electrons. The predicted octanol–water partition coefficient (Wildman–Crippen LogP) is 3.23. The minimum atomic E-state index is -0.209. The van der Waals surface area contributed by atoms with Gasteiger partial charge in [0.2, 0.25) is 0 Å². The number of hydrogen-bond acceptors (Lipinski definition) is 2. The van der Waals surface area contributed by atoms with Crippen LogP contribution in [0.1, 0.15) is 13.3 Å². The molecule has 1 aliphatic rings. The SMILES string of the molecule is CCCN1CCNc2cc(F)c(Br)cc21. The highest BCUT2D eigenvalue weighted by Crippen LogP contribution is 2.33. The molecule has 0 unspecified atom stereocenters. The number of nitrogens with one attached hydrogen (secondary N) is 1. The summed E-state index contributed by atoms with van der Waals surface area (Å²) >= 11 is 3.22. The summed E-state index contributed by atoms with van der Waals surface area (Å²) in [6, 6.07) is 3.41. The number of halogens is 2. The molecule has 2 nitrogen and oxygen atoms in total. The molecule has 0 atom stereocenters. The Labute approximate surface area is 97.6 Å². The first kappa shape index (κ1) is 10.7. The predicted molar refractivity (Wildman–Crippen MR) is 65.1 cm³/mol. The molecule has 0 fully saturated rings. The highest BCUT2D eigenvalue weighted by molar-refractivity contribution is 9.10. The highest BCUT2D eigenvalue weighted by Gasteiger charge is 2.17. The zero-order valence-corrected chi connectivity index (χ0v) is 10.3. The molecule has 4 heteroatoms. The minimum absolute atomic E-state index is 0.209. The third-order valence-corrected chi connectivity index (χ3v) is 3.18. The van der Waals surface area contributed by atoms with E-state index in [1.165, 1.54) is 0 Å². The Kier molecular flexibility index (Phi) is 3.14. The molecule has 0 aromatic heterocycles. The Morgan fingerprint density at radius 1 is 1.53 bits per heavy atom. The molecular weight excluding hydrogens is 259 g/mol. The molecule has 1 heterocycles. The van der Waals surface area contributed by atoms with Gasteiger partial charge in [0.1, 0.15) is 5.82 Å². The fraction of sp³-hybridized carbons (Fsp3) is 0.455. The van der Waals surface area contributed by atoms with Gasteiger partial charge >= 0.3 is 0 Å². The van der Waals surface area contributed by atoms with Crippen molar-refractivity contribution < 1.29 is 4.39 Å². The van der Waals surface area contributed by atoms with E-state index >= 15 is 0 Å². The quantitative estimate of drug-likeness (QED) is 0.890. The number of hydrogen-bond donors (Lipinski definition) is 1. The van der Waals surface area contributed by atoms with Gasteiger partial charge in [-0.2, -0.15) is 0 Å². The maximum atomic E-state index is 13.3. The normalized spacial score (nSPS) is 14.7. The molecule has 0 aliphatic carbocycles. The van der Waals surface area contributed by atoms with Crippen LogP contribution in [0.3, 0.4) is 0 Å². The molecule has 1 aromatic carbocycles. The zero-order chi connectivity index (χ0) is 10.8. The van der Waals surface area contributed by atoms with E-state index in [9.17, 15) is 4.39 Å². The number of rotatable bonds is 2. The molecule has 2 rings (SSSR count). The van der Waals surface area contributed by atoms with E-state index in [2.05, 4.69) is 33.1 Å². The summed E-state index contributed by atoms with van der Waals surface area (Å²) in [5.41, 5.74) is 1.99. The lowest BCUT2D eigenvalue weighted by Crippen LogP contribution is -2.34. The lowest BCUT2D eigenvalue weighted by atomic mass is 10.2. The molecule has 0 spiro atoms. The summed E-state index contributed by atoms with van der Waals surface area (Å²) in [6.45, 7) is 5.04. The number of benzene rings is 1. The van der Waals surface area contributed by atoms with E-state index < -0.39 is 0 Å². The van der Waals surface area contributed by atoms with Crippen LogP contribution in [0.5, 0.6) is 0 Å². The fourth-order valence-corrected chi connectivity index (χ4v) is 2.22. The second kappa shape index (κ2) is 4.39. The van der Waals surface area contributed by atoms with Gasteiger partial charge in [-0.05, 0) is 28.4 Å². The standard InChI is InChI=1S/C11H14BrFN2/c1-2-4-15-5-3-14-10-7-9(13)8(12)6-11(10)15/h6-7,14H,2-5H2,1H3. The molecular formula is C11H14BrFN2. The Balaban J connectivity index is 2.38. The molecule has 0 amide bonds. The van der Waals surface area contributed by atoms with E-state index in [0.29, 0.717) is 4.47 Å². The van der Waals surface area contributed by atoms with Gasteiger partial charge in [0.05, 0.1) is 15.8 Å². The van der Waals surface area contributed by atoms with Crippen molar-refractivity contribution >= 4 is 27.3 Å². The van der Waals surface area contributed by atoms with Crippen LogP contribution >= 0.6 is 15.9 Å². The molecule has 0 bridgehead atoms. The van der Waals surface area contributed by atoms with Crippen LogP contribution < -0.4 is 10.2 Å². The van der Waals surface area contributed by atoms with Crippen LogP contribution in [-0.2, 0) is 0 Å². The third-order valence-electron chi connectivity index (χ3n) is 2.57.